The molecule has 2 aromatic rings. The maximum absolute atomic E-state index is 12.8. The van der Waals surface area contributed by atoms with Crippen LogP contribution in [0.2, 0.25) is 0 Å². The lowest BCUT2D eigenvalue weighted by Gasteiger charge is -2.12. The Kier molecular flexibility index (Phi) is 3.74. The minimum Gasteiger partial charge on any atom is -0.273 e. The molecule has 0 radical (unpaired) electrons. The molecule has 1 heterocycles. The Morgan fingerprint density at radius 1 is 1.29 bits per heavy atom. The Morgan fingerprint density at radius 2 is 1.95 bits per heavy atom. The van der Waals surface area contributed by atoms with E-state index >= 15 is 0 Å². The smallest absolute Gasteiger partial charge is 0.273 e. The largest absolute Gasteiger partial charge is 0.417 e. The third-order valence-electron chi connectivity index (χ3n) is 2.60. The fraction of sp³-hybridized carbons (Fsp3) is 0.0833. The highest BCUT2D eigenvalue weighted by Crippen LogP contribution is 2.35. The van der Waals surface area contributed by atoms with Crippen molar-refractivity contribution < 1.29 is 13.2 Å². The second kappa shape index (κ2) is 5.21. The van der Waals surface area contributed by atoms with Crippen LogP contribution in [0.3, 0.4) is 0 Å². The molecule has 0 amide bonds. The van der Waals surface area contributed by atoms with Crippen LogP contribution in [0, 0.1) is 11.3 Å². The number of hydrogen-bond acceptors (Lipinski definition) is 3. The number of rotatable bonds is 1. The number of alkyl halides is 3. The lowest BCUT2D eigenvalue weighted by atomic mass is 10.2. The molecule has 0 spiro atoms. The summed E-state index contributed by atoms with van der Waals surface area (Å²) in [4.78, 5) is 24.8. The number of aromatic amines is 1. The van der Waals surface area contributed by atoms with Crippen LogP contribution in [-0.2, 0) is 6.18 Å². The van der Waals surface area contributed by atoms with Gasteiger partial charge in [-0.1, -0.05) is 15.9 Å². The van der Waals surface area contributed by atoms with Gasteiger partial charge in [0, 0.05) is 10.7 Å². The second-order valence-electron chi connectivity index (χ2n) is 3.95. The molecule has 1 N–H and O–H groups in total. The van der Waals surface area contributed by atoms with Crippen LogP contribution >= 0.6 is 15.9 Å². The molecule has 0 unspecified atom stereocenters. The van der Waals surface area contributed by atoms with Gasteiger partial charge in [-0.05, 0) is 18.2 Å². The number of hydrogen-bond donors (Lipinski definition) is 1. The number of H-pyrrole nitrogens is 1. The maximum Gasteiger partial charge on any atom is 0.417 e. The van der Waals surface area contributed by atoms with Gasteiger partial charge >= 0.3 is 11.9 Å². The first kappa shape index (κ1) is 15.1. The monoisotopic (exact) mass is 359 g/mol. The van der Waals surface area contributed by atoms with Crippen molar-refractivity contribution in [1.82, 2.24) is 9.55 Å². The van der Waals surface area contributed by atoms with E-state index in [2.05, 4.69) is 15.9 Å². The fourth-order valence-electron chi connectivity index (χ4n) is 1.62. The van der Waals surface area contributed by atoms with Crippen molar-refractivity contribution in [3.05, 3.63) is 60.8 Å². The lowest BCUT2D eigenvalue weighted by molar-refractivity contribution is -0.138. The molecule has 0 saturated heterocycles. The molecule has 0 aliphatic heterocycles. The lowest BCUT2D eigenvalue weighted by Crippen LogP contribution is -2.30. The van der Waals surface area contributed by atoms with E-state index in [1.54, 1.807) is 6.07 Å². The minimum absolute atomic E-state index is 0.122. The molecule has 0 aliphatic rings. The molecule has 21 heavy (non-hydrogen) atoms. The van der Waals surface area contributed by atoms with Crippen molar-refractivity contribution in [2.24, 2.45) is 0 Å². The van der Waals surface area contributed by atoms with Gasteiger partial charge in [-0.3, -0.25) is 14.3 Å². The SMILES string of the molecule is N#Cc1cn(-c2ccc(Br)c(C(F)(F)F)c2)c(=O)[nH]c1=O. The molecule has 1 aromatic heterocycles. The topological polar surface area (TPSA) is 78.7 Å². The molecule has 1 aromatic carbocycles. The van der Waals surface area contributed by atoms with E-state index < -0.39 is 23.0 Å². The molecular weight excluding hydrogens is 355 g/mol. The molecular formula is C12H5BrF3N3O2. The standard InChI is InChI=1S/C12H5BrF3N3O2/c13-9-2-1-7(3-8(9)12(14,15)16)19-5-6(4-17)10(20)18-11(19)21/h1-3,5H,(H,18,20,21). The summed E-state index contributed by atoms with van der Waals surface area (Å²) in [7, 11) is 0. The molecule has 0 fully saturated rings. The van der Waals surface area contributed by atoms with E-state index in [1.165, 1.54) is 6.07 Å². The predicted molar refractivity (Wildman–Crippen MR) is 70.1 cm³/mol. The molecule has 5 nitrogen and oxygen atoms in total. The summed E-state index contributed by atoms with van der Waals surface area (Å²) in [6, 6.07) is 4.67. The Morgan fingerprint density at radius 3 is 2.52 bits per heavy atom. The van der Waals surface area contributed by atoms with E-state index in [-0.39, 0.29) is 15.7 Å². The van der Waals surface area contributed by atoms with Crippen molar-refractivity contribution in [1.29, 1.82) is 5.26 Å². The first-order chi connectivity index (χ1) is 9.74. The van der Waals surface area contributed by atoms with Crippen LogP contribution in [0.15, 0.2) is 38.5 Å². The minimum atomic E-state index is -4.61. The summed E-state index contributed by atoms with van der Waals surface area (Å²) in [5.41, 5.74) is -3.31. The van der Waals surface area contributed by atoms with Crippen LogP contribution in [0.5, 0.6) is 0 Å². The molecule has 0 aliphatic carbocycles. The molecule has 0 bridgehead atoms. The van der Waals surface area contributed by atoms with Crippen LogP contribution in [0.4, 0.5) is 13.2 Å². The molecule has 9 heteroatoms. The highest BCUT2D eigenvalue weighted by Gasteiger charge is 2.33. The van der Waals surface area contributed by atoms with E-state index in [0.29, 0.717) is 0 Å². The van der Waals surface area contributed by atoms with Gasteiger partial charge in [0.15, 0.2) is 0 Å². The van der Waals surface area contributed by atoms with E-state index in [9.17, 15) is 22.8 Å². The summed E-state index contributed by atoms with van der Waals surface area (Å²) in [6.45, 7) is 0. The number of aromatic nitrogens is 2. The Labute approximate surface area is 123 Å². The Balaban J connectivity index is 2.72. The van der Waals surface area contributed by atoms with Crippen LogP contribution in [0.1, 0.15) is 11.1 Å². The van der Waals surface area contributed by atoms with Gasteiger partial charge in [-0.2, -0.15) is 18.4 Å². The molecule has 108 valence electrons. The average Bonchev–Trinajstić information content (AvgIpc) is 2.38. The van der Waals surface area contributed by atoms with Gasteiger partial charge in [-0.15, -0.1) is 0 Å². The van der Waals surface area contributed by atoms with Crippen molar-refractivity contribution in [3.8, 4) is 11.8 Å². The molecule has 2 rings (SSSR count). The highest BCUT2D eigenvalue weighted by atomic mass is 79.9. The van der Waals surface area contributed by atoms with E-state index in [0.717, 1.165) is 22.9 Å². The summed E-state index contributed by atoms with van der Waals surface area (Å²) < 4.78 is 39.1. The van der Waals surface area contributed by atoms with Crippen LogP contribution < -0.4 is 11.2 Å². The van der Waals surface area contributed by atoms with Crippen molar-refractivity contribution in [2.75, 3.05) is 0 Å². The summed E-state index contributed by atoms with van der Waals surface area (Å²) in [5, 5.41) is 8.74. The number of halogens is 4. The summed E-state index contributed by atoms with van der Waals surface area (Å²) in [6.07, 6.45) is -3.72. The first-order valence-electron chi connectivity index (χ1n) is 5.37. The van der Waals surface area contributed by atoms with Gasteiger partial charge < -0.3 is 0 Å². The number of benzene rings is 1. The third-order valence-corrected chi connectivity index (χ3v) is 3.29. The van der Waals surface area contributed by atoms with Gasteiger partial charge in [0.2, 0.25) is 0 Å². The summed E-state index contributed by atoms with van der Waals surface area (Å²) >= 11 is 2.78. The fourth-order valence-corrected chi connectivity index (χ4v) is 2.09. The van der Waals surface area contributed by atoms with Crippen LogP contribution in [0.25, 0.3) is 5.69 Å². The predicted octanol–water partition coefficient (Wildman–Crippen LogP) is 2.18. The van der Waals surface area contributed by atoms with Crippen molar-refractivity contribution in [3.63, 3.8) is 0 Å². The van der Waals surface area contributed by atoms with Gasteiger partial charge in [0.25, 0.3) is 5.56 Å². The summed E-state index contributed by atoms with van der Waals surface area (Å²) in [5.74, 6) is 0. The van der Waals surface area contributed by atoms with Gasteiger partial charge in [-0.25, -0.2) is 4.79 Å². The highest BCUT2D eigenvalue weighted by molar-refractivity contribution is 9.10. The maximum atomic E-state index is 12.8. The zero-order valence-corrected chi connectivity index (χ0v) is 11.6. The quantitative estimate of drug-likeness (QED) is 0.847. The Hall–Kier alpha value is -2.34. The van der Waals surface area contributed by atoms with Crippen LogP contribution in [-0.4, -0.2) is 9.55 Å². The second-order valence-corrected chi connectivity index (χ2v) is 4.80. The van der Waals surface area contributed by atoms with Gasteiger partial charge in [0.1, 0.15) is 11.6 Å². The third kappa shape index (κ3) is 2.90. The van der Waals surface area contributed by atoms with E-state index in [4.69, 9.17) is 5.26 Å². The van der Waals surface area contributed by atoms with Crippen molar-refractivity contribution >= 4 is 15.9 Å². The first-order valence-corrected chi connectivity index (χ1v) is 6.16. The average molecular weight is 360 g/mol. The zero-order chi connectivity index (χ0) is 15.8. The molecule has 0 atom stereocenters. The van der Waals surface area contributed by atoms with Gasteiger partial charge in [0.05, 0.1) is 11.3 Å². The van der Waals surface area contributed by atoms with Crippen molar-refractivity contribution in [2.45, 2.75) is 6.18 Å². The molecule has 0 saturated carbocycles. The van der Waals surface area contributed by atoms with E-state index in [1.807, 2.05) is 4.98 Å². The normalized spacial score (nSPS) is 11.2. The number of nitrogens with one attached hydrogen (secondary N) is 1. The number of nitrogens with zero attached hydrogens (tertiary/aromatic N) is 2. The number of nitriles is 1. The zero-order valence-electron chi connectivity index (χ0n) is 10.0. The Bertz CT molecular complexity index is 862.